The van der Waals surface area contributed by atoms with Gasteiger partial charge in [-0.3, -0.25) is 4.79 Å². The molecule has 3 heterocycles. The third kappa shape index (κ3) is 5.47. The molecular formula is C23H29BrN2O2S. The van der Waals surface area contributed by atoms with Crippen LogP contribution >= 0.6 is 27.3 Å². The summed E-state index contributed by atoms with van der Waals surface area (Å²) >= 11 is 5.19. The van der Waals surface area contributed by atoms with Crippen LogP contribution in [0.4, 0.5) is 5.13 Å². The van der Waals surface area contributed by atoms with Gasteiger partial charge in [0.25, 0.3) is 0 Å². The molecule has 0 amide bonds. The highest BCUT2D eigenvalue weighted by molar-refractivity contribution is 9.10. The first-order valence-corrected chi connectivity index (χ1v) is 12.5. The highest BCUT2D eigenvalue weighted by Crippen LogP contribution is 2.32. The number of ketones is 1. The summed E-state index contributed by atoms with van der Waals surface area (Å²) < 4.78 is 6.68. The van der Waals surface area contributed by atoms with Gasteiger partial charge in [0.05, 0.1) is 5.69 Å². The molecular weight excluding hydrogens is 448 g/mol. The van der Waals surface area contributed by atoms with Gasteiger partial charge in [-0.05, 0) is 50.7 Å². The van der Waals surface area contributed by atoms with Crippen molar-refractivity contribution in [3.63, 3.8) is 0 Å². The lowest BCUT2D eigenvalue weighted by atomic mass is 9.81. The number of carbonyl (C=O) groups is 1. The normalized spacial score (nSPS) is 22.0. The van der Waals surface area contributed by atoms with Gasteiger partial charge >= 0.3 is 0 Å². The molecule has 2 saturated heterocycles. The molecule has 156 valence electrons. The van der Waals surface area contributed by atoms with Crippen molar-refractivity contribution in [3.8, 4) is 11.3 Å². The number of Topliss-reactive ketones (excluding diaryl/α,β-unsaturated/α-hetero) is 1. The summed E-state index contributed by atoms with van der Waals surface area (Å²) in [4.78, 5) is 20.3. The molecule has 6 heteroatoms. The van der Waals surface area contributed by atoms with Crippen LogP contribution in [0, 0.1) is 11.8 Å². The fourth-order valence-corrected chi connectivity index (χ4v) is 5.56. The van der Waals surface area contributed by atoms with Crippen molar-refractivity contribution < 1.29 is 9.53 Å². The van der Waals surface area contributed by atoms with E-state index >= 15 is 0 Å². The van der Waals surface area contributed by atoms with Crippen molar-refractivity contribution in [2.75, 3.05) is 31.2 Å². The summed E-state index contributed by atoms with van der Waals surface area (Å²) in [5.41, 5.74) is 2.17. The van der Waals surface area contributed by atoms with Crippen molar-refractivity contribution in [3.05, 3.63) is 34.1 Å². The highest BCUT2D eigenvalue weighted by Gasteiger charge is 2.30. The largest absolute Gasteiger partial charge is 0.381 e. The zero-order chi connectivity index (χ0) is 20.1. The predicted molar refractivity (Wildman–Crippen MR) is 123 cm³/mol. The Balaban J connectivity index is 1.33. The number of rotatable bonds is 4. The first-order valence-electron chi connectivity index (χ1n) is 10.8. The lowest BCUT2D eigenvalue weighted by Gasteiger charge is -2.32. The van der Waals surface area contributed by atoms with Gasteiger partial charge in [-0.15, -0.1) is 11.3 Å². The van der Waals surface area contributed by atoms with Gasteiger partial charge in [-0.1, -0.05) is 34.5 Å². The van der Waals surface area contributed by atoms with Crippen LogP contribution in [0.25, 0.3) is 11.3 Å². The second-order valence-electron chi connectivity index (χ2n) is 8.13. The molecule has 0 saturated carbocycles. The third-order valence-electron chi connectivity index (χ3n) is 6.13. The summed E-state index contributed by atoms with van der Waals surface area (Å²) in [6.07, 6.45) is 7.19. The second kappa shape index (κ2) is 10.2. The zero-order valence-electron chi connectivity index (χ0n) is 16.8. The molecule has 0 radical (unpaired) electrons. The Bertz CT molecular complexity index is 789. The van der Waals surface area contributed by atoms with E-state index in [0.29, 0.717) is 5.78 Å². The Kier molecular flexibility index (Phi) is 7.38. The van der Waals surface area contributed by atoms with E-state index in [4.69, 9.17) is 9.72 Å². The number of anilines is 1. The Morgan fingerprint density at radius 1 is 1.00 bits per heavy atom. The topological polar surface area (TPSA) is 42.4 Å². The van der Waals surface area contributed by atoms with Crippen molar-refractivity contribution >= 4 is 38.2 Å². The molecule has 29 heavy (non-hydrogen) atoms. The quantitative estimate of drug-likeness (QED) is 0.546. The van der Waals surface area contributed by atoms with Crippen LogP contribution in [0.5, 0.6) is 0 Å². The molecule has 2 aliphatic rings. The number of aromatic nitrogens is 1. The lowest BCUT2D eigenvalue weighted by Crippen LogP contribution is -2.38. The second-order valence-corrected chi connectivity index (χ2v) is 9.89. The number of nitrogens with zero attached hydrogens (tertiary/aromatic N) is 2. The molecule has 0 bridgehead atoms. The average molecular weight is 477 g/mol. The van der Waals surface area contributed by atoms with Gasteiger partial charge in [0.1, 0.15) is 5.78 Å². The minimum absolute atomic E-state index is 0.226. The van der Waals surface area contributed by atoms with Crippen LogP contribution < -0.4 is 4.90 Å². The molecule has 1 atom stereocenters. The summed E-state index contributed by atoms with van der Waals surface area (Å²) in [5, 5.41) is 3.21. The van der Waals surface area contributed by atoms with Crippen molar-refractivity contribution in [2.45, 2.75) is 44.9 Å². The minimum atomic E-state index is 0.226. The summed E-state index contributed by atoms with van der Waals surface area (Å²) in [5.74, 6) is 0.988. The molecule has 0 N–H and O–H groups in total. The Morgan fingerprint density at radius 2 is 1.69 bits per heavy atom. The van der Waals surface area contributed by atoms with Gasteiger partial charge in [0, 0.05) is 53.6 Å². The standard InChI is InChI=1S/C23H29BrN2O2S/c24-20-8-6-17(7-9-20)21-16-29-23(25-21)26-12-10-19(11-13-26)22(27)18-4-1-2-14-28-15-3-5-18/h6-9,16,18-19H,1-5,10-15H2. The molecule has 4 nitrogen and oxygen atoms in total. The van der Waals surface area contributed by atoms with E-state index in [-0.39, 0.29) is 11.8 Å². The summed E-state index contributed by atoms with van der Waals surface area (Å²) in [6.45, 7) is 3.53. The van der Waals surface area contributed by atoms with E-state index < -0.39 is 0 Å². The van der Waals surface area contributed by atoms with Crippen LogP contribution in [-0.4, -0.2) is 37.1 Å². The van der Waals surface area contributed by atoms with Crippen LogP contribution in [-0.2, 0) is 9.53 Å². The number of hydrogen-bond acceptors (Lipinski definition) is 5. The van der Waals surface area contributed by atoms with E-state index in [1.807, 2.05) is 0 Å². The Labute approximate surface area is 185 Å². The fraction of sp³-hybridized carbons (Fsp3) is 0.565. The number of piperidine rings is 1. The Hall–Kier alpha value is -1.24. The number of benzene rings is 1. The van der Waals surface area contributed by atoms with Crippen molar-refractivity contribution in [1.82, 2.24) is 4.98 Å². The molecule has 0 aliphatic carbocycles. The van der Waals surface area contributed by atoms with Crippen LogP contribution in [0.3, 0.4) is 0 Å². The smallest absolute Gasteiger partial charge is 0.185 e. The zero-order valence-corrected chi connectivity index (χ0v) is 19.2. The average Bonchev–Trinajstić information content (AvgIpc) is 3.28. The fourth-order valence-electron chi connectivity index (χ4n) is 4.41. The maximum atomic E-state index is 13.1. The molecule has 1 aromatic heterocycles. The molecule has 1 unspecified atom stereocenters. The predicted octanol–water partition coefficient (Wildman–Crippen LogP) is 5.96. The van der Waals surface area contributed by atoms with Crippen LogP contribution in [0.1, 0.15) is 44.9 Å². The Morgan fingerprint density at radius 3 is 2.48 bits per heavy atom. The highest BCUT2D eigenvalue weighted by atomic mass is 79.9. The molecule has 2 fully saturated rings. The number of carbonyl (C=O) groups excluding carboxylic acids is 1. The van der Waals surface area contributed by atoms with Gasteiger partial charge in [0.2, 0.25) is 0 Å². The number of halogens is 1. The summed E-state index contributed by atoms with van der Waals surface area (Å²) in [7, 11) is 0. The van der Waals surface area contributed by atoms with Gasteiger partial charge in [0.15, 0.2) is 5.13 Å². The molecule has 1 aromatic carbocycles. The molecule has 2 aliphatic heterocycles. The number of ether oxygens (including phenoxy) is 1. The first-order chi connectivity index (χ1) is 14.2. The number of thiazole rings is 1. The molecule has 2 aromatic rings. The summed E-state index contributed by atoms with van der Waals surface area (Å²) in [6, 6.07) is 8.29. The van der Waals surface area contributed by atoms with E-state index in [1.54, 1.807) is 11.3 Å². The first kappa shape index (κ1) is 21.0. The molecule has 0 spiro atoms. The lowest BCUT2D eigenvalue weighted by molar-refractivity contribution is -0.128. The van der Waals surface area contributed by atoms with Crippen LogP contribution in [0.15, 0.2) is 34.1 Å². The monoisotopic (exact) mass is 476 g/mol. The maximum absolute atomic E-state index is 13.1. The maximum Gasteiger partial charge on any atom is 0.185 e. The SMILES string of the molecule is O=C(C1CCCCOCCC1)C1CCN(c2nc(-c3ccc(Br)cc3)cs2)CC1. The van der Waals surface area contributed by atoms with Crippen LogP contribution in [0.2, 0.25) is 0 Å². The van der Waals surface area contributed by atoms with E-state index in [1.165, 1.54) is 0 Å². The number of hydrogen-bond donors (Lipinski definition) is 0. The van der Waals surface area contributed by atoms with E-state index in [9.17, 15) is 4.79 Å². The third-order valence-corrected chi connectivity index (χ3v) is 7.56. The van der Waals surface area contributed by atoms with Gasteiger partial charge in [-0.25, -0.2) is 4.98 Å². The van der Waals surface area contributed by atoms with Crippen molar-refractivity contribution in [1.29, 1.82) is 0 Å². The van der Waals surface area contributed by atoms with Gasteiger partial charge < -0.3 is 9.64 Å². The van der Waals surface area contributed by atoms with E-state index in [2.05, 4.69) is 50.5 Å². The minimum Gasteiger partial charge on any atom is -0.381 e. The molecule has 4 rings (SSSR count). The van der Waals surface area contributed by atoms with Crippen molar-refractivity contribution in [2.24, 2.45) is 11.8 Å². The van der Waals surface area contributed by atoms with Gasteiger partial charge in [-0.2, -0.15) is 0 Å². The van der Waals surface area contributed by atoms with E-state index in [0.717, 1.165) is 92.1 Å².